The molecule has 2 fully saturated rings. The molecular formula is C16H21N3. The number of hydrogen-bond acceptors (Lipinski definition) is 2. The first kappa shape index (κ1) is 11.5. The van der Waals surface area contributed by atoms with E-state index in [1.807, 2.05) is 0 Å². The smallest absolute Gasteiger partial charge is 0.112 e. The fraction of sp³-hybridized carbons (Fsp3) is 0.562. The van der Waals surface area contributed by atoms with Gasteiger partial charge in [-0.05, 0) is 43.4 Å². The Morgan fingerprint density at radius 2 is 2.00 bits per heavy atom. The van der Waals surface area contributed by atoms with E-state index in [0.29, 0.717) is 5.92 Å². The van der Waals surface area contributed by atoms with Crippen LogP contribution in [-0.2, 0) is 12.6 Å². The molecule has 0 spiro atoms. The van der Waals surface area contributed by atoms with Gasteiger partial charge in [0, 0.05) is 18.5 Å². The highest BCUT2D eigenvalue weighted by Crippen LogP contribution is 2.43. The van der Waals surface area contributed by atoms with Crippen LogP contribution in [0.25, 0.3) is 11.0 Å². The van der Waals surface area contributed by atoms with Gasteiger partial charge in [0.25, 0.3) is 0 Å². The molecular weight excluding hydrogens is 234 g/mol. The zero-order valence-corrected chi connectivity index (χ0v) is 11.5. The second kappa shape index (κ2) is 3.83. The molecule has 2 aromatic rings. The van der Waals surface area contributed by atoms with Crippen molar-refractivity contribution in [3.05, 3.63) is 29.6 Å². The van der Waals surface area contributed by atoms with Crippen LogP contribution in [0.15, 0.2) is 18.2 Å². The van der Waals surface area contributed by atoms with Crippen molar-refractivity contribution < 1.29 is 0 Å². The summed E-state index contributed by atoms with van der Waals surface area (Å²) in [6, 6.07) is 6.57. The Labute approximate surface area is 113 Å². The average Bonchev–Trinajstić information content (AvgIpc) is 2.88. The van der Waals surface area contributed by atoms with Crippen molar-refractivity contribution in [1.82, 2.24) is 9.55 Å². The van der Waals surface area contributed by atoms with E-state index in [4.69, 9.17) is 10.7 Å². The van der Waals surface area contributed by atoms with E-state index >= 15 is 0 Å². The molecule has 0 saturated heterocycles. The molecule has 19 heavy (non-hydrogen) atoms. The molecule has 2 aliphatic carbocycles. The number of benzene rings is 1. The standard InChI is InChI=1S/C16H21N3/c1-19-14-10-12(16(17)8-9-16)6-7-13(14)18-15(19)11-4-2-3-5-11/h6-7,10-11H,2-5,8-9,17H2,1H3. The van der Waals surface area contributed by atoms with Crippen LogP contribution in [-0.4, -0.2) is 9.55 Å². The van der Waals surface area contributed by atoms with Crippen LogP contribution in [0.3, 0.4) is 0 Å². The Morgan fingerprint density at radius 3 is 2.68 bits per heavy atom. The molecule has 3 nitrogen and oxygen atoms in total. The summed E-state index contributed by atoms with van der Waals surface area (Å²) in [5, 5.41) is 0. The van der Waals surface area contributed by atoms with Crippen molar-refractivity contribution in [2.45, 2.75) is 50.0 Å². The highest BCUT2D eigenvalue weighted by Gasteiger charge is 2.40. The average molecular weight is 255 g/mol. The van der Waals surface area contributed by atoms with Crippen LogP contribution in [0.2, 0.25) is 0 Å². The molecule has 1 aromatic heterocycles. The molecule has 4 rings (SSSR count). The minimum atomic E-state index is -0.0496. The van der Waals surface area contributed by atoms with E-state index in [1.54, 1.807) is 0 Å². The first-order valence-corrected chi connectivity index (χ1v) is 7.43. The minimum absolute atomic E-state index is 0.0496. The SMILES string of the molecule is Cn1c(C2CCCC2)nc2ccc(C3(N)CC3)cc21. The highest BCUT2D eigenvalue weighted by atomic mass is 15.1. The van der Waals surface area contributed by atoms with Gasteiger partial charge in [-0.2, -0.15) is 0 Å². The van der Waals surface area contributed by atoms with Gasteiger partial charge >= 0.3 is 0 Å². The number of hydrogen-bond donors (Lipinski definition) is 1. The van der Waals surface area contributed by atoms with Crippen LogP contribution < -0.4 is 5.73 Å². The lowest BCUT2D eigenvalue weighted by Crippen LogP contribution is -2.18. The predicted molar refractivity (Wildman–Crippen MR) is 77.0 cm³/mol. The molecule has 2 N–H and O–H groups in total. The number of aromatic nitrogens is 2. The molecule has 0 bridgehead atoms. The molecule has 1 heterocycles. The maximum atomic E-state index is 6.31. The number of fused-ring (bicyclic) bond motifs is 1. The second-order valence-corrected chi connectivity index (χ2v) is 6.37. The first-order chi connectivity index (χ1) is 9.17. The minimum Gasteiger partial charge on any atom is -0.331 e. The molecule has 1 aromatic carbocycles. The zero-order chi connectivity index (χ0) is 13.0. The normalized spacial score (nSPS) is 22.2. The van der Waals surface area contributed by atoms with Gasteiger partial charge < -0.3 is 10.3 Å². The van der Waals surface area contributed by atoms with Crippen molar-refractivity contribution >= 4 is 11.0 Å². The van der Waals surface area contributed by atoms with Crippen LogP contribution >= 0.6 is 0 Å². The third kappa shape index (κ3) is 1.71. The van der Waals surface area contributed by atoms with E-state index in [0.717, 1.165) is 18.4 Å². The van der Waals surface area contributed by atoms with E-state index in [-0.39, 0.29) is 5.54 Å². The molecule has 2 aliphatic rings. The quantitative estimate of drug-likeness (QED) is 0.895. The highest BCUT2D eigenvalue weighted by molar-refractivity contribution is 5.77. The van der Waals surface area contributed by atoms with Gasteiger partial charge in [-0.15, -0.1) is 0 Å². The molecule has 0 radical (unpaired) electrons. The maximum absolute atomic E-state index is 6.31. The van der Waals surface area contributed by atoms with Gasteiger partial charge in [-0.1, -0.05) is 18.9 Å². The summed E-state index contributed by atoms with van der Waals surface area (Å²) in [6.45, 7) is 0. The fourth-order valence-electron chi connectivity index (χ4n) is 3.49. The third-order valence-corrected chi connectivity index (χ3v) is 5.00. The Kier molecular flexibility index (Phi) is 2.31. The number of nitrogens with zero attached hydrogens (tertiary/aromatic N) is 2. The lowest BCUT2D eigenvalue weighted by atomic mass is 10.1. The van der Waals surface area contributed by atoms with Crippen molar-refractivity contribution in [2.75, 3.05) is 0 Å². The molecule has 0 unspecified atom stereocenters. The third-order valence-electron chi connectivity index (χ3n) is 5.00. The molecule has 100 valence electrons. The predicted octanol–water partition coefficient (Wildman–Crippen LogP) is 3.18. The number of rotatable bonds is 2. The second-order valence-electron chi connectivity index (χ2n) is 6.37. The fourth-order valence-corrected chi connectivity index (χ4v) is 3.49. The van der Waals surface area contributed by atoms with Crippen molar-refractivity contribution in [1.29, 1.82) is 0 Å². The lowest BCUT2D eigenvalue weighted by molar-refractivity contribution is 0.639. The monoisotopic (exact) mass is 255 g/mol. The summed E-state index contributed by atoms with van der Waals surface area (Å²) in [5.41, 5.74) is 9.91. The molecule has 0 amide bonds. The largest absolute Gasteiger partial charge is 0.331 e. The van der Waals surface area contributed by atoms with Crippen LogP contribution in [0.5, 0.6) is 0 Å². The molecule has 0 aliphatic heterocycles. The van der Waals surface area contributed by atoms with Gasteiger partial charge in [-0.25, -0.2) is 4.98 Å². The van der Waals surface area contributed by atoms with E-state index in [2.05, 4.69) is 29.8 Å². The Morgan fingerprint density at radius 1 is 1.26 bits per heavy atom. The van der Waals surface area contributed by atoms with Crippen LogP contribution in [0, 0.1) is 0 Å². The van der Waals surface area contributed by atoms with Gasteiger partial charge in [0.1, 0.15) is 5.82 Å². The van der Waals surface area contributed by atoms with E-state index < -0.39 is 0 Å². The first-order valence-electron chi connectivity index (χ1n) is 7.43. The van der Waals surface area contributed by atoms with Crippen LogP contribution in [0.4, 0.5) is 0 Å². The Balaban J connectivity index is 1.82. The van der Waals surface area contributed by atoms with Gasteiger partial charge in [0.15, 0.2) is 0 Å². The Bertz CT molecular complexity index is 631. The van der Waals surface area contributed by atoms with Gasteiger partial charge in [0.2, 0.25) is 0 Å². The molecule has 2 saturated carbocycles. The van der Waals surface area contributed by atoms with E-state index in [9.17, 15) is 0 Å². The zero-order valence-electron chi connectivity index (χ0n) is 11.5. The summed E-state index contributed by atoms with van der Waals surface area (Å²) in [4.78, 5) is 4.86. The topological polar surface area (TPSA) is 43.8 Å². The van der Waals surface area contributed by atoms with Gasteiger partial charge in [-0.3, -0.25) is 0 Å². The number of aryl methyl sites for hydroxylation is 1. The summed E-state index contributed by atoms with van der Waals surface area (Å²) < 4.78 is 2.29. The summed E-state index contributed by atoms with van der Waals surface area (Å²) in [6.07, 6.45) is 7.53. The van der Waals surface area contributed by atoms with E-state index in [1.165, 1.54) is 42.6 Å². The number of imidazole rings is 1. The lowest BCUT2D eigenvalue weighted by Gasteiger charge is -2.10. The maximum Gasteiger partial charge on any atom is 0.112 e. The summed E-state index contributed by atoms with van der Waals surface area (Å²) in [5.74, 6) is 1.93. The summed E-state index contributed by atoms with van der Waals surface area (Å²) >= 11 is 0. The Hall–Kier alpha value is -1.35. The van der Waals surface area contributed by atoms with Crippen LogP contribution in [0.1, 0.15) is 55.8 Å². The van der Waals surface area contributed by atoms with Crippen molar-refractivity contribution in [3.63, 3.8) is 0 Å². The molecule has 3 heteroatoms. The van der Waals surface area contributed by atoms with Gasteiger partial charge in [0.05, 0.1) is 11.0 Å². The number of nitrogens with two attached hydrogens (primary N) is 1. The summed E-state index contributed by atoms with van der Waals surface area (Å²) in [7, 11) is 2.16. The van der Waals surface area contributed by atoms with Crippen molar-refractivity contribution in [3.8, 4) is 0 Å². The molecule has 0 atom stereocenters. The van der Waals surface area contributed by atoms with Crippen molar-refractivity contribution in [2.24, 2.45) is 12.8 Å².